The first-order valence-corrected chi connectivity index (χ1v) is 19.8. The van der Waals surface area contributed by atoms with E-state index in [2.05, 4.69) is 11.4 Å². The first-order chi connectivity index (χ1) is 25.3. The van der Waals surface area contributed by atoms with Gasteiger partial charge in [-0.25, -0.2) is 4.79 Å². The SMILES string of the molecule is O=C(N[C@@H](Cc1ccc2ccccc2c1)C(=O)OCc1ccccc1)C(Cc1ccc(-c2ccccc2)cc1)CP(=O)(O)CCC1=CCC=CC=C1. The molecule has 0 bridgehead atoms. The Morgan fingerprint density at radius 2 is 1.40 bits per heavy atom. The summed E-state index contributed by atoms with van der Waals surface area (Å²) in [6, 6.07) is 40.2. The zero-order valence-corrected chi connectivity index (χ0v) is 30.0. The molecule has 0 heterocycles. The molecule has 0 spiro atoms. The van der Waals surface area contributed by atoms with Crippen molar-refractivity contribution in [2.24, 2.45) is 5.92 Å². The van der Waals surface area contributed by atoms with Crippen LogP contribution >= 0.6 is 7.37 Å². The maximum Gasteiger partial charge on any atom is 0.329 e. The molecular weight excluding hydrogens is 665 g/mol. The number of carbonyl (C=O) groups excluding carboxylic acids is 2. The monoisotopic (exact) mass is 709 g/mol. The van der Waals surface area contributed by atoms with Gasteiger partial charge in [0.2, 0.25) is 13.3 Å². The Hall–Kier alpha value is -5.29. The van der Waals surface area contributed by atoms with Gasteiger partial charge < -0.3 is 14.9 Å². The molecule has 1 aliphatic rings. The van der Waals surface area contributed by atoms with Gasteiger partial charge in [0.05, 0.1) is 5.92 Å². The van der Waals surface area contributed by atoms with Crippen molar-refractivity contribution in [1.29, 1.82) is 0 Å². The maximum atomic E-state index is 14.3. The molecule has 5 aromatic carbocycles. The van der Waals surface area contributed by atoms with E-state index in [1.165, 1.54) is 0 Å². The van der Waals surface area contributed by atoms with Gasteiger partial charge in [-0.2, -0.15) is 0 Å². The Morgan fingerprint density at radius 1 is 0.731 bits per heavy atom. The highest BCUT2D eigenvalue weighted by Crippen LogP contribution is 2.45. The lowest BCUT2D eigenvalue weighted by molar-refractivity contribution is -0.149. The number of hydrogen-bond acceptors (Lipinski definition) is 4. The zero-order valence-electron chi connectivity index (χ0n) is 29.1. The molecule has 0 fully saturated rings. The third-order valence-electron chi connectivity index (χ3n) is 9.32. The minimum absolute atomic E-state index is 0.0551. The van der Waals surface area contributed by atoms with Crippen LogP contribution in [-0.2, 0) is 38.3 Å². The molecule has 2 N–H and O–H groups in total. The highest BCUT2D eigenvalue weighted by molar-refractivity contribution is 7.58. The van der Waals surface area contributed by atoms with Crippen molar-refractivity contribution in [2.45, 2.75) is 38.3 Å². The lowest BCUT2D eigenvalue weighted by Crippen LogP contribution is -2.47. The maximum absolute atomic E-state index is 14.3. The minimum Gasteiger partial charge on any atom is -0.459 e. The van der Waals surface area contributed by atoms with Crippen molar-refractivity contribution in [3.05, 3.63) is 180 Å². The summed E-state index contributed by atoms with van der Waals surface area (Å²) in [5.41, 5.74) is 5.66. The average Bonchev–Trinajstić information content (AvgIpc) is 3.46. The quantitative estimate of drug-likeness (QED) is 0.0836. The normalized spacial score (nSPS) is 14.8. The lowest BCUT2D eigenvalue weighted by Gasteiger charge is -2.24. The number of esters is 1. The summed E-state index contributed by atoms with van der Waals surface area (Å²) in [6.07, 6.45) is 11.4. The minimum atomic E-state index is -3.76. The molecule has 0 saturated heterocycles. The second kappa shape index (κ2) is 17.8. The number of hydrogen-bond donors (Lipinski definition) is 2. The smallest absolute Gasteiger partial charge is 0.329 e. The lowest BCUT2D eigenvalue weighted by atomic mass is 9.96. The first kappa shape index (κ1) is 36.5. The van der Waals surface area contributed by atoms with Gasteiger partial charge in [0, 0.05) is 18.7 Å². The molecule has 0 aromatic heterocycles. The van der Waals surface area contributed by atoms with Gasteiger partial charge in [0.15, 0.2) is 0 Å². The molecule has 2 unspecified atom stereocenters. The third kappa shape index (κ3) is 10.6. The molecule has 52 heavy (non-hydrogen) atoms. The van der Waals surface area contributed by atoms with E-state index in [9.17, 15) is 19.0 Å². The second-order valence-corrected chi connectivity index (χ2v) is 15.8. The van der Waals surface area contributed by atoms with Crippen LogP contribution in [0.3, 0.4) is 0 Å². The Kier molecular flexibility index (Phi) is 12.5. The Balaban J connectivity index is 1.24. The van der Waals surface area contributed by atoms with E-state index in [4.69, 9.17) is 4.74 Å². The summed E-state index contributed by atoms with van der Waals surface area (Å²) in [5.74, 6) is -1.88. The molecule has 7 heteroatoms. The van der Waals surface area contributed by atoms with Crippen LogP contribution < -0.4 is 5.32 Å². The number of amides is 1. The van der Waals surface area contributed by atoms with Crippen LogP contribution in [0.4, 0.5) is 0 Å². The molecule has 0 radical (unpaired) electrons. The molecule has 0 saturated carbocycles. The van der Waals surface area contributed by atoms with Crippen molar-refractivity contribution < 1.29 is 23.8 Å². The number of nitrogens with one attached hydrogen (secondary N) is 1. The molecule has 1 amide bonds. The van der Waals surface area contributed by atoms with Gasteiger partial charge in [0.1, 0.15) is 12.6 Å². The largest absolute Gasteiger partial charge is 0.459 e. The van der Waals surface area contributed by atoms with Crippen LogP contribution in [0.2, 0.25) is 0 Å². The molecule has 6 rings (SSSR count). The predicted octanol–water partition coefficient (Wildman–Crippen LogP) is 9.24. The van der Waals surface area contributed by atoms with Gasteiger partial charge >= 0.3 is 5.97 Å². The standard InChI is InChI=1S/C45H44NO5P/c47-44(46-43(45(48)51-32-36-15-7-3-8-16-36)31-37-23-26-39-19-11-12-20-41(39)30-37)42(33-52(49,50)28-27-34-13-5-1-2-6-14-34)29-35-21-24-40(25-22-35)38-17-9-4-10-18-38/h1-5,7-26,30,42-43H,6,27-29,31-33H2,(H,46,47)(H,49,50)/t42?,43-/m0/s1. The number of ether oxygens (including phenoxy) is 1. The Labute approximate surface area is 306 Å². The van der Waals surface area contributed by atoms with E-state index >= 15 is 0 Å². The number of carbonyl (C=O) groups is 2. The summed E-state index contributed by atoms with van der Waals surface area (Å²) in [6.45, 7) is 0.0621. The van der Waals surface area contributed by atoms with Crippen molar-refractivity contribution >= 4 is 30.0 Å². The molecule has 3 atom stereocenters. The van der Waals surface area contributed by atoms with Gasteiger partial charge in [-0.1, -0.05) is 163 Å². The summed E-state index contributed by atoms with van der Waals surface area (Å²) in [4.78, 5) is 39.3. The Bertz CT molecular complexity index is 2100. The van der Waals surface area contributed by atoms with E-state index in [1.54, 1.807) is 0 Å². The van der Waals surface area contributed by atoms with E-state index in [0.29, 0.717) is 6.42 Å². The Morgan fingerprint density at radius 3 is 2.17 bits per heavy atom. The molecule has 1 aliphatic carbocycles. The number of allylic oxidation sites excluding steroid dienone is 6. The second-order valence-electron chi connectivity index (χ2n) is 13.3. The van der Waals surface area contributed by atoms with Crippen LogP contribution in [0.25, 0.3) is 21.9 Å². The van der Waals surface area contributed by atoms with E-state index in [0.717, 1.165) is 50.6 Å². The zero-order chi connectivity index (χ0) is 36.2. The van der Waals surface area contributed by atoms with Crippen molar-refractivity contribution in [3.8, 4) is 11.1 Å². The highest BCUT2D eigenvalue weighted by atomic mass is 31.2. The number of fused-ring (bicyclic) bond motifs is 1. The molecular formula is C45H44NO5P. The molecule has 264 valence electrons. The van der Waals surface area contributed by atoms with E-state index in [1.807, 2.05) is 152 Å². The molecule has 5 aromatic rings. The fraction of sp³-hybridized carbons (Fsp3) is 0.200. The molecule has 0 aliphatic heterocycles. The summed E-state index contributed by atoms with van der Waals surface area (Å²) < 4.78 is 19.5. The van der Waals surface area contributed by atoms with Crippen LogP contribution in [0.5, 0.6) is 0 Å². The third-order valence-corrected chi connectivity index (χ3v) is 11.3. The van der Waals surface area contributed by atoms with E-state index < -0.39 is 31.2 Å². The van der Waals surface area contributed by atoms with Crippen LogP contribution in [-0.4, -0.2) is 35.1 Å². The van der Waals surface area contributed by atoms with Gasteiger partial charge in [-0.05, 0) is 57.9 Å². The van der Waals surface area contributed by atoms with Crippen LogP contribution in [0.15, 0.2) is 163 Å². The number of rotatable bonds is 15. The predicted molar refractivity (Wildman–Crippen MR) is 210 cm³/mol. The van der Waals surface area contributed by atoms with Gasteiger partial charge in [-0.15, -0.1) is 0 Å². The molecule has 6 nitrogen and oxygen atoms in total. The van der Waals surface area contributed by atoms with Crippen molar-refractivity contribution in [3.63, 3.8) is 0 Å². The average molecular weight is 710 g/mol. The summed E-state index contributed by atoms with van der Waals surface area (Å²) >= 11 is 0. The van der Waals surface area contributed by atoms with Crippen LogP contribution in [0, 0.1) is 5.92 Å². The van der Waals surface area contributed by atoms with Crippen molar-refractivity contribution in [1.82, 2.24) is 5.32 Å². The highest BCUT2D eigenvalue weighted by Gasteiger charge is 2.32. The first-order valence-electron chi connectivity index (χ1n) is 17.8. The number of benzene rings is 5. The topological polar surface area (TPSA) is 92.7 Å². The van der Waals surface area contributed by atoms with Gasteiger partial charge in [-0.3, -0.25) is 9.36 Å². The fourth-order valence-corrected chi connectivity index (χ4v) is 8.22. The van der Waals surface area contributed by atoms with Crippen molar-refractivity contribution in [2.75, 3.05) is 12.3 Å². The summed E-state index contributed by atoms with van der Waals surface area (Å²) in [5, 5.41) is 5.06. The fourth-order valence-electron chi connectivity index (χ4n) is 6.45. The van der Waals surface area contributed by atoms with E-state index in [-0.39, 0.29) is 31.8 Å². The van der Waals surface area contributed by atoms with Crippen LogP contribution in [0.1, 0.15) is 29.5 Å². The summed E-state index contributed by atoms with van der Waals surface area (Å²) in [7, 11) is -3.76. The van der Waals surface area contributed by atoms with Gasteiger partial charge in [0.25, 0.3) is 0 Å².